The number of carbonyl (C=O) groups is 2. The van der Waals surface area contributed by atoms with E-state index in [1.165, 1.54) is 6.92 Å². The lowest BCUT2D eigenvalue weighted by molar-refractivity contribution is -0.171. The lowest BCUT2D eigenvalue weighted by Crippen LogP contribution is -2.52. The van der Waals surface area contributed by atoms with Crippen molar-refractivity contribution in [3.63, 3.8) is 0 Å². The topological polar surface area (TPSA) is 88.6 Å². The van der Waals surface area contributed by atoms with E-state index in [1.54, 1.807) is 13.0 Å². The number of ether oxygens (including phenoxy) is 3. The van der Waals surface area contributed by atoms with Crippen LogP contribution >= 0.6 is 0 Å². The summed E-state index contributed by atoms with van der Waals surface area (Å²) in [6.07, 6.45) is 4.31. The molecule has 4 unspecified atom stereocenters. The Hall–Kier alpha value is -1.70. The fourth-order valence-corrected chi connectivity index (χ4v) is 4.06. The number of hydrogen-bond donors (Lipinski definition) is 1. The summed E-state index contributed by atoms with van der Waals surface area (Å²) < 4.78 is 16.6. The zero-order valence-electron chi connectivity index (χ0n) is 14.5. The molecule has 0 bridgehead atoms. The Kier molecular flexibility index (Phi) is 3.79. The minimum absolute atomic E-state index is 0.0506. The fraction of sp³-hybridized carbons (Fsp3) is 0.667. The maximum atomic E-state index is 12.7. The van der Waals surface area contributed by atoms with Gasteiger partial charge in [-0.15, -0.1) is 0 Å². The number of allylic oxidation sites excluding steroid dienone is 1. The maximum absolute atomic E-state index is 12.7. The van der Waals surface area contributed by atoms with Gasteiger partial charge in [-0.25, -0.2) is 9.59 Å². The Morgan fingerprint density at radius 3 is 2.84 bits per heavy atom. The number of carbonyl (C=O) groups excluding carboxylic acids is 2. The van der Waals surface area contributed by atoms with E-state index in [9.17, 15) is 14.7 Å². The van der Waals surface area contributed by atoms with Gasteiger partial charge in [-0.05, 0) is 25.8 Å². The highest BCUT2D eigenvalue weighted by atomic mass is 16.6. The van der Waals surface area contributed by atoms with Gasteiger partial charge in [0.05, 0.1) is 12.6 Å². The molecule has 0 aliphatic carbocycles. The molecule has 0 amide bonds. The van der Waals surface area contributed by atoms with Crippen molar-refractivity contribution in [3.8, 4) is 0 Å². The number of esters is 2. The summed E-state index contributed by atoms with van der Waals surface area (Å²) in [5.41, 5.74) is -1.62. The summed E-state index contributed by atoms with van der Waals surface area (Å²) in [7, 11) is 0. The average Bonchev–Trinajstić information content (AvgIpc) is 3.12. The first-order valence-corrected chi connectivity index (χ1v) is 8.71. The molecule has 0 aromatic carbocycles. The van der Waals surface area contributed by atoms with E-state index in [0.29, 0.717) is 5.57 Å². The second kappa shape index (κ2) is 5.65. The van der Waals surface area contributed by atoms with E-state index in [0.717, 1.165) is 25.1 Å². The average molecular weight is 349 g/mol. The van der Waals surface area contributed by atoms with Gasteiger partial charge < -0.3 is 19.3 Å². The molecule has 1 N–H and O–H groups in total. The molecule has 136 valence electrons. The number of rotatable bonds is 0. The molecule has 3 saturated heterocycles. The Bertz CT molecular complexity index is 675. The predicted molar refractivity (Wildman–Crippen MR) is 86.6 cm³/mol. The molecule has 4 atom stereocenters. The molecule has 4 aliphatic heterocycles. The van der Waals surface area contributed by atoms with E-state index >= 15 is 0 Å². The molecule has 1 spiro atoms. The third-order valence-corrected chi connectivity index (χ3v) is 5.91. The number of cyclic esters (lactones) is 1. The molecule has 4 aliphatic rings. The highest BCUT2D eigenvalue weighted by Crippen LogP contribution is 2.45. The molecule has 4 rings (SSSR count). The number of epoxide rings is 1. The van der Waals surface area contributed by atoms with Gasteiger partial charge in [0.15, 0.2) is 5.60 Å². The monoisotopic (exact) mass is 349 g/mol. The number of nitrogens with zero attached hydrogens (tertiary/aromatic N) is 1. The van der Waals surface area contributed by atoms with E-state index in [2.05, 4.69) is 4.90 Å². The first-order chi connectivity index (χ1) is 11.9. The van der Waals surface area contributed by atoms with Gasteiger partial charge in [-0.3, -0.25) is 4.90 Å². The third-order valence-electron chi connectivity index (χ3n) is 5.91. The minimum atomic E-state index is -1.82. The first-order valence-electron chi connectivity index (χ1n) is 8.71. The number of hydrogen-bond acceptors (Lipinski definition) is 7. The van der Waals surface area contributed by atoms with Crippen LogP contribution < -0.4 is 0 Å². The van der Waals surface area contributed by atoms with Crippen molar-refractivity contribution < 1.29 is 28.9 Å². The van der Waals surface area contributed by atoms with Gasteiger partial charge in [0.25, 0.3) is 0 Å². The third kappa shape index (κ3) is 2.53. The van der Waals surface area contributed by atoms with Crippen LogP contribution in [0.5, 0.6) is 0 Å². The SMILES string of the molecule is C/C=C1\CC2(CO2)C(C)(O)C(=O)OCC2=CCN3CCC(OC1=O)C23. The maximum Gasteiger partial charge on any atom is 0.341 e. The van der Waals surface area contributed by atoms with Crippen molar-refractivity contribution in [1.29, 1.82) is 0 Å². The van der Waals surface area contributed by atoms with Crippen molar-refractivity contribution in [2.24, 2.45) is 0 Å². The lowest BCUT2D eigenvalue weighted by Gasteiger charge is -2.31. The van der Waals surface area contributed by atoms with Crippen molar-refractivity contribution in [3.05, 3.63) is 23.3 Å². The largest absolute Gasteiger partial charge is 0.459 e. The molecular weight excluding hydrogens is 326 g/mol. The van der Waals surface area contributed by atoms with Crippen LogP contribution in [0.2, 0.25) is 0 Å². The van der Waals surface area contributed by atoms with Crippen LogP contribution in [0.4, 0.5) is 0 Å². The van der Waals surface area contributed by atoms with Gasteiger partial charge in [0.2, 0.25) is 0 Å². The highest BCUT2D eigenvalue weighted by molar-refractivity contribution is 5.90. The normalized spacial score (nSPS) is 43.2. The summed E-state index contributed by atoms with van der Waals surface area (Å²) in [5, 5.41) is 10.8. The van der Waals surface area contributed by atoms with E-state index in [4.69, 9.17) is 14.2 Å². The van der Waals surface area contributed by atoms with E-state index in [1.807, 2.05) is 6.08 Å². The quantitative estimate of drug-likeness (QED) is 0.292. The van der Waals surface area contributed by atoms with E-state index in [-0.39, 0.29) is 31.8 Å². The van der Waals surface area contributed by atoms with Crippen molar-refractivity contribution in [1.82, 2.24) is 4.90 Å². The molecule has 0 saturated carbocycles. The number of aliphatic hydroxyl groups is 1. The molecule has 0 aromatic rings. The zero-order valence-corrected chi connectivity index (χ0v) is 14.5. The summed E-state index contributed by atoms with van der Waals surface area (Å²) in [6.45, 7) is 5.02. The fourth-order valence-electron chi connectivity index (χ4n) is 4.06. The van der Waals surface area contributed by atoms with Crippen LogP contribution in [0, 0.1) is 0 Å². The van der Waals surface area contributed by atoms with Gasteiger partial charge in [-0.2, -0.15) is 0 Å². The molecular formula is C18H23NO6. The second-order valence-electron chi connectivity index (χ2n) is 7.37. The van der Waals surface area contributed by atoms with Gasteiger partial charge >= 0.3 is 11.9 Å². The lowest BCUT2D eigenvalue weighted by atomic mass is 9.84. The van der Waals surface area contributed by atoms with Crippen LogP contribution in [0.1, 0.15) is 26.7 Å². The second-order valence-corrected chi connectivity index (χ2v) is 7.37. The summed E-state index contributed by atoms with van der Waals surface area (Å²) in [4.78, 5) is 27.4. The molecule has 4 heterocycles. The van der Waals surface area contributed by atoms with Crippen LogP contribution in [0.25, 0.3) is 0 Å². The summed E-state index contributed by atoms with van der Waals surface area (Å²) in [5.74, 6) is -1.12. The van der Waals surface area contributed by atoms with Gasteiger partial charge in [0.1, 0.15) is 18.3 Å². The molecule has 0 aromatic heterocycles. The molecule has 3 fully saturated rings. The minimum Gasteiger partial charge on any atom is -0.459 e. The standard InChI is InChI=1S/C18H23NO6/c1-3-11-8-18(10-24-18)17(2,22)16(21)23-9-12-4-6-19-7-5-13(14(12)19)25-15(11)20/h3-4,13-14,22H,5-10H2,1-2H3/b11-3+. The van der Waals surface area contributed by atoms with Crippen molar-refractivity contribution >= 4 is 11.9 Å². The Morgan fingerprint density at radius 1 is 1.40 bits per heavy atom. The predicted octanol–water partition coefficient (Wildman–Crippen LogP) is 0.326. The molecule has 25 heavy (non-hydrogen) atoms. The Labute approximate surface area is 146 Å². The first kappa shape index (κ1) is 16.8. The molecule has 7 heteroatoms. The van der Waals surface area contributed by atoms with Crippen molar-refractivity contribution in [2.75, 3.05) is 26.3 Å². The van der Waals surface area contributed by atoms with Gasteiger partial charge in [0, 0.05) is 25.1 Å². The summed E-state index contributed by atoms with van der Waals surface area (Å²) >= 11 is 0. The Balaban J connectivity index is 1.68. The van der Waals surface area contributed by atoms with Crippen LogP contribution in [0.15, 0.2) is 23.3 Å². The van der Waals surface area contributed by atoms with Crippen LogP contribution in [-0.2, 0) is 23.8 Å². The zero-order chi connectivity index (χ0) is 17.8. The van der Waals surface area contributed by atoms with Crippen molar-refractivity contribution in [2.45, 2.75) is 50.0 Å². The Morgan fingerprint density at radius 2 is 2.16 bits per heavy atom. The molecule has 7 nitrogen and oxygen atoms in total. The highest BCUT2D eigenvalue weighted by Gasteiger charge is 2.64. The van der Waals surface area contributed by atoms with E-state index < -0.39 is 23.1 Å². The summed E-state index contributed by atoms with van der Waals surface area (Å²) in [6, 6.07) is -0.0506. The van der Waals surface area contributed by atoms with Gasteiger partial charge in [-0.1, -0.05) is 12.2 Å². The van der Waals surface area contributed by atoms with Crippen LogP contribution in [-0.4, -0.2) is 71.6 Å². The van der Waals surface area contributed by atoms with Crippen LogP contribution in [0.3, 0.4) is 0 Å². The smallest absolute Gasteiger partial charge is 0.341 e. The molecule has 0 radical (unpaired) electrons.